The zero-order valence-corrected chi connectivity index (χ0v) is 18.1. The number of methoxy groups -OCH3 is 1. The maximum absolute atomic E-state index is 12.1. The van der Waals surface area contributed by atoms with Gasteiger partial charge in [0.1, 0.15) is 5.75 Å². The molecule has 1 aliphatic carbocycles. The maximum Gasteiger partial charge on any atom is 0.213 e. The van der Waals surface area contributed by atoms with E-state index in [0.29, 0.717) is 25.0 Å². The molecule has 8 heteroatoms. The van der Waals surface area contributed by atoms with Gasteiger partial charge in [-0.3, -0.25) is 4.99 Å². The van der Waals surface area contributed by atoms with E-state index in [-0.39, 0.29) is 12.3 Å². The minimum absolute atomic E-state index is 0.00541. The molecule has 2 rings (SSSR count). The molecule has 1 fully saturated rings. The van der Waals surface area contributed by atoms with Crippen LogP contribution in [0.25, 0.3) is 0 Å². The zero-order chi connectivity index (χ0) is 20.4. The Labute approximate surface area is 169 Å². The van der Waals surface area contributed by atoms with Crippen LogP contribution in [-0.4, -0.2) is 53.4 Å². The quantitative estimate of drug-likeness (QED) is 0.382. The molecule has 0 atom stereocenters. The molecule has 1 aromatic carbocycles. The molecule has 1 saturated carbocycles. The van der Waals surface area contributed by atoms with Gasteiger partial charge in [-0.25, -0.2) is 13.1 Å². The summed E-state index contributed by atoms with van der Waals surface area (Å²) >= 11 is 0. The van der Waals surface area contributed by atoms with Gasteiger partial charge in [0, 0.05) is 19.6 Å². The fraction of sp³-hybridized carbons (Fsp3) is 0.650. The third-order valence-electron chi connectivity index (χ3n) is 4.97. The average molecular weight is 411 g/mol. The lowest BCUT2D eigenvalue weighted by Gasteiger charge is -2.25. The van der Waals surface area contributed by atoms with E-state index in [4.69, 9.17) is 4.74 Å². The van der Waals surface area contributed by atoms with E-state index in [1.165, 1.54) is 12.0 Å². The van der Waals surface area contributed by atoms with Crippen molar-refractivity contribution >= 4 is 16.0 Å². The molecule has 0 saturated heterocycles. The summed E-state index contributed by atoms with van der Waals surface area (Å²) in [4.78, 5) is 4.39. The van der Waals surface area contributed by atoms with Crippen LogP contribution in [0.4, 0.5) is 0 Å². The summed E-state index contributed by atoms with van der Waals surface area (Å²) in [6, 6.07) is 6.18. The van der Waals surface area contributed by atoms with Gasteiger partial charge in [0.2, 0.25) is 10.0 Å². The highest BCUT2D eigenvalue weighted by Gasteiger charge is 2.19. The highest BCUT2D eigenvalue weighted by atomic mass is 32.2. The summed E-state index contributed by atoms with van der Waals surface area (Å²) in [5, 5.41) is 6.41. The number of sulfonamides is 1. The fourth-order valence-electron chi connectivity index (χ4n) is 2.98. The molecule has 0 spiro atoms. The monoisotopic (exact) mass is 410 g/mol. The molecule has 0 amide bonds. The van der Waals surface area contributed by atoms with Crippen LogP contribution in [0.3, 0.4) is 0 Å². The van der Waals surface area contributed by atoms with Crippen molar-refractivity contribution in [2.24, 2.45) is 10.9 Å². The van der Waals surface area contributed by atoms with Crippen molar-refractivity contribution in [3.63, 3.8) is 0 Å². The summed E-state index contributed by atoms with van der Waals surface area (Å²) in [6.45, 7) is 6.21. The number of benzene rings is 1. The molecule has 1 aromatic rings. The van der Waals surface area contributed by atoms with E-state index >= 15 is 0 Å². The number of rotatable bonds is 11. The SMILES string of the molecule is CCNC(=NCCS(=O)(=O)NCC1CCC1)NCCc1ccc(C)c(OC)c1. The third kappa shape index (κ3) is 7.67. The van der Waals surface area contributed by atoms with Crippen molar-refractivity contribution in [3.05, 3.63) is 29.3 Å². The molecule has 0 radical (unpaired) electrons. The lowest BCUT2D eigenvalue weighted by molar-refractivity contribution is 0.316. The fourth-order valence-corrected chi connectivity index (χ4v) is 3.94. The van der Waals surface area contributed by atoms with Crippen LogP contribution < -0.4 is 20.1 Å². The highest BCUT2D eigenvalue weighted by molar-refractivity contribution is 7.89. The molecule has 0 aliphatic heterocycles. The van der Waals surface area contributed by atoms with Crippen molar-refractivity contribution < 1.29 is 13.2 Å². The molecule has 7 nitrogen and oxygen atoms in total. The van der Waals surface area contributed by atoms with Crippen LogP contribution in [0.5, 0.6) is 5.75 Å². The topological polar surface area (TPSA) is 91.8 Å². The van der Waals surface area contributed by atoms with Crippen molar-refractivity contribution in [2.45, 2.75) is 39.5 Å². The molecular formula is C20H34N4O3S. The van der Waals surface area contributed by atoms with Gasteiger partial charge in [-0.05, 0) is 56.2 Å². The molecule has 28 heavy (non-hydrogen) atoms. The summed E-state index contributed by atoms with van der Waals surface area (Å²) < 4.78 is 32.2. The predicted molar refractivity (Wildman–Crippen MR) is 115 cm³/mol. The number of nitrogens with one attached hydrogen (secondary N) is 3. The molecule has 0 unspecified atom stereocenters. The van der Waals surface area contributed by atoms with E-state index in [1.54, 1.807) is 7.11 Å². The average Bonchev–Trinajstić information content (AvgIpc) is 2.61. The van der Waals surface area contributed by atoms with Crippen LogP contribution in [0.1, 0.15) is 37.3 Å². The Morgan fingerprint density at radius 1 is 1.29 bits per heavy atom. The first-order valence-corrected chi connectivity index (χ1v) is 11.7. The van der Waals surface area contributed by atoms with E-state index in [0.717, 1.165) is 37.1 Å². The molecule has 158 valence electrons. The molecular weight excluding hydrogens is 376 g/mol. The first-order chi connectivity index (χ1) is 13.4. The molecule has 3 N–H and O–H groups in total. The van der Waals surface area contributed by atoms with Gasteiger partial charge in [-0.15, -0.1) is 0 Å². The number of nitrogens with zero attached hydrogens (tertiary/aromatic N) is 1. The van der Waals surface area contributed by atoms with Crippen LogP contribution in [-0.2, 0) is 16.4 Å². The summed E-state index contributed by atoms with van der Waals surface area (Å²) in [7, 11) is -1.59. The summed E-state index contributed by atoms with van der Waals surface area (Å²) in [5.41, 5.74) is 2.29. The van der Waals surface area contributed by atoms with Gasteiger partial charge < -0.3 is 15.4 Å². The lowest BCUT2D eigenvalue weighted by atomic mass is 9.86. The normalized spacial score (nSPS) is 15.2. The van der Waals surface area contributed by atoms with Crippen LogP contribution in [0.15, 0.2) is 23.2 Å². The van der Waals surface area contributed by atoms with Crippen LogP contribution in [0, 0.1) is 12.8 Å². The minimum atomic E-state index is -3.27. The van der Waals surface area contributed by atoms with Crippen LogP contribution >= 0.6 is 0 Å². The lowest BCUT2D eigenvalue weighted by Crippen LogP contribution is -2.39. The Morgan fingerprint density at radius 2 is 2.07 bits per heavy atom. The number of guanidine groups is 1. The van der Waals surface area contributed by atoms with E-state index in [9.17, 15) is 8.42 Å². The molecule has 0 aromatic heterocycles. The van der Waals surface area contributed by atoms with Crippen molar-refractivity contribution in [1.29, 1.82) is 0 Å². The highest BCUT2D eigenvalue weighted by Crippen LogP contribution is 2.25. The zero-order valence-electron chi connectivity index (χ0n) is 17.3. The van der Waals surface area contributed by atoms with Gasteiger partial charge in [0.15, 0.2) is 5.96 Å². The standard InChI is InChI=1S/C20H34N4O3S/c1-4-21-20(22-11-10-17-9-8-16(2)19(14-17)27-3)23-12-13-28(25,26)24-15-18-6-5-7-18/h8-9,14,18,24H,4-7,10-13,15H2,1-3H3,(H2,21,22,23). The molecule has 0 bridgehead atoms. The number of aliphatic imine (C=N–C) groups is 1. The minimum Gasteiger partial charge on any atom is -0.496 e. The second-order valence-electron chi connectivity index (χ2n) is 7.21. The van der Waals surface area contributed by atoms with Gasteiger partial charge in [-0.1, -0.05) is 18.6 Å². The van der Waals surface area contributed by atoms with Gasteiger partial charge >= 0.3 is 0 Å². The predicted octanol–water partition coefficient (Wildman–Crippen LogP) is 1.82. The Hall–Kier alpha value is -1.80. The first kappa shape index (κ1) is 22.5. The van der Waals surface area contributed by atoms with Crippen molar-refractivity contribution in [2.75, 3.05) is 39.0 Å². The Bertz CT molecular complexity index is 746. The van der Waals surface area contributed by atoms with Crippen molar-refractivity contribution in [3.8, 4) is 5.75 Å². The van der Waals surface area contributed by atoms with E-state index < -0.39 is 10.0 Å². The summed E-state index contributed by atoms with van der Waals surface area (Å²) in [5.74, 6) is 2.04. The first-order valence-electron chi connectivity index (χ1n) is 10.1. The number of hydrogen-bond donors (Lipinski definition) is 3. The van der Waals surface area contributed by atoms with Gasteiger partial charge in [-0.2, -0.15) is 0 Å². The maximum atomic E-state index is 12.1. The van der Waals surface area contributed by atoms with Gasteiger partial charge in [0.05, 0.1) is 19.4 Å². The Morgan fingerprint density at radius 3 is 2.71 bits per heavy atom. The molecule has 1 aliphatic rings. The Balaban J connectivity index is 1.77. The van der Waals surface area contributed by atoms with E-state index in [2.05, 4.69) is 32.5 Å². The second kappa shape index (κ2) is 11.3. The van der Waals surface area contributed by atoms with Crippen molar-refractivity contribution in [1.82, 2.24) is 15.4 Å². The van der Waals surface area contributed by atoms with E-state index in [1.807, 2.05) is 19.9 Å². The smallest absolute Gasteiger partial charge is 0.213 e. The largest absolute Gasteiger partial charge is 0.496 e. The number of ether oxygens (including phenoxy) is 1. The molecule has 0 heterocycles. The second-order valence-corrected chi connectivity index (χ2v) is 9.13. The number of hydrogen-bond acceptors (Lipinski definition) is 4. The number of aryl methyl sites for hydroxylation is 1. The summed E-state index contributed by atoms with van der Waals surface area (Å²) in [6.07, 6.45) is 4.29. The van der Waals surface area contributed by atoms with Gasteiger partial charge in [0.25, 0.3) is 0 Å². The Kier molecular flexibility index (Phi) is 9.05. The van der Waals surface area contributed by atoms with Crippen LogP contribution in [0.2, 0.25) is 0 Å². The third-order valence-corrected chi connectivity index (χ3v) is 6.30.